The predicted octanol–water partition coefficient (Wildman–Crippen LogP) is 4.36. The van der Waals surface area contributed by atoms with Crippen LogP contribution in [0.3, 0.4) is 0 Å². The number of esters is 1. The van der Waals surface area contributed by atoms with Gasteiger partial charge in [0.15, 0.2) is 0 Å². The molecule has 0 aliphatic carbocycles. The van der Waals surface area contributed by atoms with Crippen molar-refractivity contribution >= 4 is 29.2 Å². The largest absolute Gasteiger partial charge is 0.487 e. The van der Waals surface area contributed by atoms with Gasteiger partial charge in [-0.2, -0.15) is 0 Å². The molecule has 0 heterocycles. The van der Waals surface area contributed by atoms with Crippen LogP contribution in [0.5, 0.6) is 5.75 Å². The maximum absolute atomic E-state index is 11.4. The number of hydrogen-bond donors (Lipinski definition) is 0. The standard InChI is InChI=1S/C15H12Cl2O3/c1-19-15(18)11-4-2-3-10(7-11)9-20-14-6-5-12(16)8-13(14)17/h2-8H,9H2,1H3. The summed E-state index contributed by atoms with van der Waals surface area (Å²) in [6, 6.07) is 12.1. The molecule has 0 N–H and O–H groups in total. The molecule has 2 aromatic carbocycles. The Morgan fingerprint density at radius 2 is 1.95 bits per heavy atom. The molecule has 0 atom stereocenters. The molecule has 2 rings (SSSR count). The van der Waals surface area contributed by atoms with E-state index < -0.39 is 0 Å². The minimum atomic E-state index is -0.378. The van der Waals surface area contributed by atoms with Crippen molar-refractivity contribution in [1.82, 2.24) is 0 Å². The molecule has 0 radical (unpaired) electrons. The molecule has 3 nitrogen and oxygen atoms in total. The van der Waals surface area contributed by atoms with Crippen LogP contribution < -0.4 is 4.74 Å². The Bertz CT molecular complexity index is 626. The summed E-state index contributed by atoms with van der Waals surface area (Å²) in [4.78, 5) is 11.4. The van der Waals surface area contributed by atoms with Crippen LogP contribution in [-0.4, -0.2) is 13.1 Å². The number of benzene rings is 2. The Morgan fingerprint density at radius 3 is 2.65 bits per heavy atom. The van der Waals surface area contributed by atoms with Gasteiger partial charge in [-0.3, -0.25) is 0 Å². The molecule has 0 amide bonds. The summed E-state index contributed by atoms with van der Waals surface area (Å²) in [5, 5.41) is 0.997. The van der Waals surface area contributed by atoms with E-state index in [4.69, 9.17) is 27.9 Å². The topological polar surface area (TPSA) is 35.5 Å². The van der Waals surface area contributed by atoms with Crippen molar-refractivity contribution < 1.29 is 14.3 Å². The van der Waals surface area contributed by atoms with Gasteiger partial charge in [-0.05, 0) is 35.9 Å². The number of carbonyl (C=O) groups is 1. The maximum atomic E-state index is 11.4. The predicted molar refractivity (Wildman–Crippen MR) is 78.6 cm³/mol. The Morgan fingerprint density at radius 1 is 1.15 bits per heavy atom. The number of hydrogen-bond acceptors (Lipinski definition) is 3. The van der Waals surface area contributed by atoms with Crippen molar-refractivity contribution in [2.24, 2.45) is 0 Å². The lowest BCUT2D eigenvalue weighted by atomic mass is 10.1. The van der Waals surface area contributed by atoms with Crippen molar-refractivity contribution in [2.75, 3.05) is 7.11 Å². The minimum Gasteiger partial charge on any atom is -0.487 e. The van der Waals surface area contributed by atoms with Crippen molar-refractivity contribution in [3.05, 3.63) is 63.6 Å². The molecule has 0 unspecified atom stereocenters. The lowest BCUT2D eigenvalue weighted by Gasteiger charge is -2.09. The highest BCUT2D eigenvalue weighted by molar-refractivity contribution is 6.35. The zero-order chi connectivity index (χ0) is 14.5. The van der Waals surface area contributed by atoms with Crippen LogP contribution in [0.15, 0.2) is 42.5 Å². The van der Waals surface area contributed by atoms with Gasteiger partial charge in [-0.25, -0.2) is 4.79 Å². The summed E-state index contributed by atoms with van der Waals surface area (Å²) >= 11 is 11.8. The second-order valence-electron chi connectivity index (χ2n) is 4.06. The summed E-state index contributed by atoms with van der Waals surface area (Å²) < 4.78 is 10.3. The highest BCUT2D eigenvalue weighted by Gasteiger charge is 2.07. The minimum absolute atomic E-state index is 0.298. The fourth-order valence-corrected chi connectivity index (χ4v) is 2.12. The normalized spacial score (nSPS) is 10.2. The van der Waals surface area contributed by atoms with Gasteiger partial charge in [-0.1, -0.05) is 35.3 Å². The van der Waals surface area contributed by atoms with E-state index in [1.807, 2.05) is 6.07 Å². The number of ether oxygens (including phenoxy) is 2. The first-order chi connectivity index (χ1) is 9.60. The molecular weight excluding hydrogens is 299 g/mol. The number of rotatable bonds is 4. The van der Waals surface area contributed by atoms with Gasteiger partial charge in [0.25, 0.3) is 0 Å². The molecule has 20 heavy (non-hydrogen) atoms. The summed E-state index contributed by atoms with van der Waals surface area (Å²) in [6.07, 6.45) is 0. The van der Waals surface area contributed by atoms with Gasteiger partial charge >= 0.3 is 5.97 Å². The molecule has 2 aromatic rings. The highest BCUT2D eigenvalue weighted by atomic mass is 35.5. The van der Waals surface area contributed by atoms with Gasteiger partial charge < -0.3 is 9.47 Å². The van der Waals surface area contributed by atoms with Gasteiger partial charge in [0, 0.05) is 5.02 Å². The van der Waals surface area contributed by atoms with Crippen LogP contribution in [0.1, 0.15) is 15.9 Å². The third-order valence-corrected chi connectivity index (χ3v) is 3.17. The van der Waals surface area contributed by atoms with Gasteiger partial charge in [-0.15, -0.1) is 0 Å². The average molecular weight is 311 g/mol. The smallest absolute Gasteiger partial charge is 0.337 e. The van der Waals surface area contributed by atoms with Crippen molar-refractivity contribution in [2.45, 2.75) is 6.61 Å². The quantitative estimate of drug-likeness (QED) is 0.787. The highest BCUT2D eigenvalue weighted by Crippen LogP contribution is 2.28. The zero-order valence-corrected chi connectivity index (χ0v) is 12.2. The Hall–Kier alpha value is -1.71. The Balaban J connectivity index is 2.09. The number of halogens is 2. The van der Waals surface area contributed by atoms with Crippen LogP contribution in [0.4, 0.5) is 0 Å². The molecule has 5 heteroatoms. The SMILES string of the molecule is COC(=O)c1cccc(COc2ccc(Cl)cc2Cl)c1. The summed E-state index contributed by atoms with van der Waals surface area (Å²) in [7, 11) is 1.35. The van der Waals surface area contributed by atoms with Crippen LogP contribution in [-0.2, 0) is 11.3 Å². The molecule has 104 valence electrons. The molecule has 0 aromatic heterocycles. The number of methoxy groups -OCH3 is 1. The maximum Gasteiger partial charge on any atom is 0.337 e. The first-order valence-electron chi connectivity index (χ1n) is 5.85. The van der Waals surface area contributed by atoms with E-state index in [1.165, 1.54) is 7.11 Å². The second-order valence-corrected chi connectivity index (χ2v) is 4.90. The van der Waals surface area contributed by atoms with Gasteiger partial charge in [0.05, 0.1) is 17.7 Å². The van der Waals surface area contributed by atoms with Gasteiger partial charge in [0.2, 0.25) is 0 Å². The molecule has 0 saturated heterocycles. The van der Waals surface area contributed by atoms with E-state index in [2.05, 4.69) is 4.74 Å². The van der Waals surface area contributed by atoms with E-state index >= 15 is 0 Å². The second kappa shape index (κ2) is 6.64. The third kappa shape index (κ3) is 3.65. The Kier molecular flexibility index (Phi) is 4.88. The molecule has 0 aliphatic rings. The first kappa shape index (κ1) is 14.7. The van der Waals surface area contributed by atoms with Crippen molar-refractivity contribution in [3.63, 3.8) is 0 Å². The van der Waals surface area contributed by atoms with E-state index in [-0.39, 0.29) is 5.97 Å². The number of carbonyl (C=O) groups excluding carboxylic acids is 1. The third-order valence-electron chi connectivity index (χ3n) is 2.64. The molecular formula is C15H12Cl2O3. The molecule has 0 bridgehead atoms. The van der Waals surface area contributed by atoms with E-state index in [1.54, 1.807) is 36.4 Å². The molecule has 0 saturated carbocycles. The van der Waals surface area contributed by atoms with Crippen LogP contribution in [0.25, 0.3) is 0 Å². The fraction of sp³-hybridized carbons (Fsp3) is 0.133. The molecule has 0 fully saturated rings. The van der Waals surface area contributed by atoms with E-state index in [0.29, 0.717) is 28.0 Å². The van der Waals surface area contributed by atoms with Crippen molar-refractivity contribution in [3.8, 4) is 5.75 Å². The van der Waals surface area contributed by atoms with Crippen molar-refractivity contribution in [1.29, 1.82) is 0 Å². The van der Waals surface area contributed by atoms with Crippen LogP contribution >= 0.6 is 23.2 Å². The van der Waals surface area contributed by atoms with Crippen LogP contribution in [0, 0.1) is 0 Å². The van der Waals surface area contributed by atoms with Crippen LogP contribution in [0.2, 0.25) is 10.0 Å². The van der Waals surface area contributed by atoms with E-state index in [9.17, 15) is 4.79 Å². The fourth-order valence-electron chi connectivity index (χ4n) is 1.66. The summed E-state index contributed by atoms with van der Waals surface area (Å²) in [5.41, 5.74) is 1.33. The molecule has 0 aliphatic heterocycles. The lowest BCUT2D eigenvalue weighted by Crippen LogP contribution is -2.03. The van der Waals surface area contributed by atoms with E-state index in [0.717, 1.165) is 5.56 Å². The molecule has 0 spiro atoms. The lowest BCUT2D eigenvalue weighted by molar-refractivity contribution is 0.0600. The average Bonchev–Trinajstić information content (AvgIpc) is 2.46. The van der Waals surface area contributed by atoms with Gasteiger partial charge in [0.1, 0.15) is 12.4 Å². The summed E-state index contributed by atoms with van der Waals surface area (Å²) in [5.74, 6) is 0.163. The summed E-state index contributed by atoms with van der Waals surface area (Å²) in [6.45, 7) is 0.298. The first-order valence-corrected chi connectivity index (χ1v) is 6.61. The zero-order valence-electron chi connectivity index (χ0n) is 10.7. The monoisotopic (exact) mass is 310 g/mol. The Labute approximate surface area is 127 Å².